The number of piperazine rings is 1. The predicted molar refractivity (Wildman–Crippen MR) is 99.6 cm³/mol. The number of fused-ring (bicyclic) bond motifs is 1. The lowest BCUT2D eigenvalue weighted by atomic mass is 10.1. The molecular formula is C18H18N4O3S. The molecule has 0 unspecified atom stereocenters. The Morgan fingerprint density at radius 2 is 2.04 bits per heavy atom. The molecule has 26 heavy (non-hydrogen) atoms. The first-order chi connectivity index (χ1) is 12.5. The smallest absolute Gasteiger partial charge is 0.305 e. The van der Waals surface area contributed by atoms with Gasteiger partial charge < -0.3 is 19.8 Å². The second kappa shape index (κ2) is 6.45. The number of amides is 2. The van der Waals surface area contributed by atoms with E-state index in [1.54, 1.807) is 15.2 Å². The SMILES string of the molecule is C[C@@H]1CN(C(=O)c2csc(=O)[nH]2)CCN1C(=O)c1cccc2cc[nH]c12. The quantitative estimate of drug-likeness (QED) is 0.722. The molecule has 8 heteroatoms. The number of nitrogens with zero attached hydrogens (tertiary/aromatic N) is 2. The average Bonchev–Trinajstić information content (AvgIpc) is 3.29. The number of nitrogens with one attached hydrogen (secondary N) is 2. The van der Waals surface area contributed by atoms with Crippen LogP contribution < -0.4 is 4.87 Å². The molecule has 2 N–H and O–H groups in total. The normalized spacial score (nSPS) is 17.7. The highest BCUT2D eigenvalue weighted by atomic mass is 32.1. The summed E-state index contributed by atoms with van der Waals surface area (Å²) in [5.74, 6) is -0.240. The summed E-state index contributed by atoms with van der Waals surface area (Å²) in [5.41, 5.74) is 1.78. The number of carbonyl (C=O) groups is 2. The summed E-state index contributed by atoms with van der Waals surface area (Å²) >= 11 is 0.976. The molecule has 1 aliphatic heterocycles. The van der Waals surface area contributed by atoms with Crippen LogP contribution in [0, 0.1) is 0 Å². The van der Waals surface area contributed by atoms with Crippen molar-refractivity contribution in [2.45, 2.75) is 13.0 Å². The highest BCUT2D eigenvalue weighted by molar-refractivity contribution is 7.07. The van der Waals surface area contributed by atoms with Gasteiger partial charge in [0.15, 0.2) is 0 Å². The van der Waals surface area contributed by atoms with E-state index in [1.807, 2.05) is 37.4 Å². The van der Waals surface area contributed by atoms with Crippen LogP contribution in [0.25, 0.3) is 10.9 Å². The van der Waals surface area contributed by atoms with Gasteiger partial charge in [0.1, 0.15) is 5.69 Å². The summed E-state index contributed by atoms with van der Waals surface area (Å²) in [7, 11) is 0. The minimum Gasteiger partial charge on any atom is -0.361 e. The number of hydrogen-bond donors (Lipinski definition) is 2. The molecule has 1 fully saturated rings. The number of aromatic nitrogens is 2. The minimum atomic E-state index is -0.241. The van der Waals surface area contributed by atoms with Crippen LogP contribution in [0.15, 0.2) is 40.6 Å². The molecule has 0 spiro atoms. The monoisotopic (exact) mass is 370 g/mol. The molecule has 1 atom stereocenters. The molecule has 3 heterocycles. The predicted octanol–water partition coefficient (Wildman–Crippen LogP) is 1.90. The van der Waals surface area contributed by atoms with Crippen molar-refractivity contribution in [2.24, 2.45) is 0 Å². The van der Waals surface area contributed by atoms with E-state index in [4.69, 9.17) is 0 Å². The number of carbonyl (C=O) groups excluding carboxylic acids is 2. The van der Waals surface area contributed by atoms with E-state index in [0.717, 1.165) is 22.2 Å². The van der Waals surface area contributed by atoms with Crippen LogP contribution in [-0.2, 0) is 0 Å². The number of thiazole rings is 1. The molecule has 0 bridgehead atoms. The van der Waals surface area contributed by atoms with Crippen LogP contribution in [0.2, 0.25) is 0 Å². The van der Waals surface area contributed by atoms with Gasteiger partial charge in [-0.2, -0.15) is 0 Å². The first-order valence-corrected chi connectivity index (χ1v) is 9.26. The van der Waals surface area contributed by atoms with Gasteiger partial charge in [0.25, 0.3) is 11.8 Å². The molecule has 1 aromatic carbocycles. The summed E-state index contributed by atoms with van der Waals surface area (Å²) < 4.78 is 0. The fraction of sp³-hybridized carbons (Fsp3) is 0.278. The molecule has 1 aliphatic rings. The third-order valence-corrected chi connectivity index (χ3v) is 5.41. The van der Waals surface area contributed by atoms with Crippen LogP contribution in [0.1, 0.15) is 27.8 Å². The van der Waals surface area contributed by atoms with Crippen molar-refractivity contribution in [3.63, 3.8) is 0 Å². The highest BCUT2D eigenvalue weighted by Gasteiger charge is 2.31. The second-order valence-corrected chi connectivity index (χ2v) is 7.25. The van der Waals surface area contributed by atoms with Gasteiger partial charge in [0.2, 0.25) is 0 Å². The molecular weight excluding hydrogens is 352 g/mol. The van der Waals surface area contributed by atoms with E-state index < -0.39 is 0 Å². The fourth-order valence-electron chi connectivity index (χ4n) is 3.42. The van der Waals surface area contributed by atoms with Gasteiger partial charge in [-0.25, -0.2) is 0 Å². The Morgan fingerprint density at radius 1 is 1.19 bits per heavy atom. The molecule has 134 valence electrons. The number of H-pyrrole nitrogens is 2. The Hall–Kier alpha value is -2.87. The first-order valence-electron chi connectivity index (χ1n) is 8.39. The lowest BCUT2D eigenvalue weighted by Gasteiger charge is -2.39. The lowest BCUT2D eigenvalue weighted by Crippen LogP contribution is -2.55. The molecule has 1 saturated heterocycles. The van der Waals surface area contributed by atoms with Crippen molar-refractivity contribution >= 4 is 34.1 Å². The number of benzene rings is 1. The van der Waals surface area contributed by atoms with E-state index in [0.29, 0.717) is 30.9 Å². The van der Waals surface area contributed by atoms with Crippen molar-refractivity contribution < 1.29 is 9.59 Å². The van der Waals surface area contributed by atoms with Gasteiger partial charge in [-0.15, -0.1) is 0 Å². The molecule has 3 aromatic rings. The standard InChI is InChI=1S/C18H18N4O3S/c1-11-9-21(17(24)14-10-26-18(25)20-14)7-8-22(11)16(23)13-4-2-3-12-5-6-19-15(12)13/h2-6,10-11,19H,7-9H2,1H3,(H,20,25)/t11-/m1/s1. The minimum absolute atomic E-state index is 0.0402. The van der Waals surface area contributed by atoms with Crippen molar-refractivity contribution in [2.75, 3.05) is 19.6 Å². The maximum absolute atomic E-state index is 13.0. The Labute approximate surface area is 153 Å². The third kappa shape index (κ3) is 2.82. The zero-order valence-electron chi connectivity index (χ0n) is 14.2. The summed E-state index contributed by atoms with van der Waals surface area (Å²) in [6.07, 6.45) is 1.82. The molecule has 0 saturated carbocycles. The second-order valence-electron chi connectivity index (χ2n) is 6.41. The van der Waals surface area contributed by atoms with Crippen LogP contribution >= 0.6 is 11.3 Å². The van der Waals surface area contributed by atoms with Crippen LogP contribution in [0.5, 0.6) is 0 Å². The van der Waals surface area contributed by atoms with Gasteiger partial charge in [-0.3, -0.25) is 14.4 Å². The van der Waals surface area contributed by atoms with Crippen LogP contribution in [-0.4, -0.2) is 57.3 Å². The maximum atomic E-state index is 13.0. The van der Waals surface area contributed by atoms with E-state index in [-0.39, 0.29) is 22.7 Å². The summed E-state index contributed by atoms with van der Waals surface area (Å²) in [5, 5.41) is 2.54. The average molecular weight is 370 g/mol. The van der Waals surface area contributed by atoms with E-state index in [9.17, 15) is 14.4 Å². The summed E-state index contributed by atoms with van der Waals surface area (Å²) in [6, 6.07) is 7.48. The van der Waals surface area contributed by atoms with Crippen molar-refractivity contribution in [1.82, 2.24) is 19.8 Å². The van der Waals surface area contributed by atoms with Gasteiger partial charge >= 0.3 is 4.87 Å². The summed E-state index contributed by atoms with van der Waals surface area (Å²) in [4.78, 5) is 45.7. The molecule has 2 amide bonds. The number of para-hydroxylation sites is 1. The van der Waals surface area contributed by atoms with Crippen LogP contribution in [0.4, 0.5) is 0 Å². The zero-order valence-corrected chi connectivity index (χ0v) is 15.0. The van der Waals surface area contributed by atoms with Gasteiger partial charge in [0.05, 0.1) is 11.1 Å². The van der Waals surface area contributed by atoms with E-state index in [2.05, 4.69) is 9.97 Å². The van der Waals surface area contributed by atoms with E-state index >= 15 is 0 Å². The highest BCUT2D eigenvalue weighted by Crippen LogP contribution is 2.21. The van der Waals surface area contributed by atoms with Crippen molar-refractivity contribution in [3.05, 3.63) is 56.8 Å². The van der Waals surface area contributed by atoms with Crippen LogP contribution in [0.3, 0.4) is 0 Å². The zero-order chi connectivity index (χ0) is 18.3. The maximum Gasteiger partial charge on any atom is 0.305 e. The molecule has 0 aliphatic carbocycles. The van der Waals surface area contributed by atoms with Crippen molar-refractivity contribution in [1.29, 1.82) is 0 Å². The third-order valence-electron chi connectivity index (χ3n) is 4.74. The number of rotatable bonds is 2. The molecule has 2 aromatic heterocycles. The van der Waals surface area contributed by atoms with Crippen molar-refractivity contribution in [3.8, 4) is 0 Å². The fourth-order valence-corrected chi connectivity index (χ4v) is 3.97. The van der Waals surface area contributed by atoms with Gasteiger partial charge in [-0.05, 0) is 19.1 Å². The topological polar surface area (TPSA) is 89.3 Å². The lowest BCUT2D eigenvalue weighted by molar-refractivity contribution is 0.0413. The first kappa shape index (κ1) is 16.6. The molecule has 7 nitrogen and oxygen atoms in total. The largest absolute Gasteiger partial charge is 0.361 e. The Bertz CT molecular complexity index is 1030. The summed E-state index contributed by atoms with van der Waals surface area (Å²) in [6.45, 7) is 3.26. The Kier molecular flexibility index (Phi) is 4.12. The van der Waals surface area contributed by atoms with Gasteiger partial charge in [0, 0.05) is 42.6 Å². The molecule has 4 rings (SSSR count). The number of aromatic amines is 2. The van der Waals surface area contributed by atoms with E-state index in [1.165, 1.54) is 0 Å². The Morgan fingerprint density at radius 3 is 2.77 bits per heavy atom. The Balaban J connectivity index is 1.52. The number of hydrogen-bond acceptors (Lipinski definition) is 4. The van der Waals surface area contributed by atoms with Gasteiger partial charge in [-0.1, -0.05) is 23.5 Å². The molecule has 0 radical (unpaired) electrons.